The second-order valence-corrected chi connectivity index (χ2v) is 8.73. The number of rotatable bonds is 4. The Balaban J connectivity index is 1.26. The van der Waals surface area contributed by atoms with Gasteiger partial charge in [-0.05, 0) is 55.0 Å². The molecule has 160 valence electrons. The Kier molecular flexibility index (Phi) is 4.85. The lowest BCUT2D eigenvalue weighted by Gasteiger charge is -2.39. The number of nitrogens with one attached hydrogen (secondary N) is 3. The van der Waals surface area contributed by atoms with Crippen LogP contribution in [0.1, 0.15) is 25.7 Å². The number of fused-ring (bicyclic) bond motifs is 3. The molecule has 1 aliphatic carbocycles. The molecule has 7 nitrogen and oxygen atoms in total. The van der Waals surface area contributed by atoms with Crippen molar-refractivity contribution in [2.45, 2.75) is 37.8 Å². The minimum Gasteiger partial charge on any atom is -0.379 e. The van der Waals surface area contributed by atoms with E-state index in [-0.39, 0.29) is 0 Å². The van der Waals surface area contributed by atoms with E-state index in [9.17, 15) is 0 Å². The lowest BCUT2D eigenvalue weighted by molar-refractivity contribution is 0.00791. The van der Waals surface area contributed by atoms with E-state index in [2.05, 4.69) is 54.4 Å². The molecule has 2 aliphatic rings. The van der Waals surface area contributed by atoms with Crippen molar-refractivity contribution in [3.05, 3.63) is 43.0 Å². The number of morpholine rings is 1. The van der Waals surface area contributed by atoms with Crippen LogP contribution in [0.2, 0.25) is 0 Å². The van der Waals surface area contributed by atoms with Crippen molar-refractivity contribution < 1.29 is 4.74 Å². The second-order valence-electron chi connectivity index (χ2n) is 8.73. The van der Waals surface area contributed by atoms with Gasteiger partial charge in [0.25, 0.3) is 0 Å². The Morgan fingerprint density at radius 1 is 1.00 bits per heavy atom. The third kappa shape index (κ3) is 3.58. The molecule has 31 heavy (non-hydrogen) atoms. The molecule has 7 heteroatoms. The lowest BCUT2D eigenvalue weighted by Crippen LogP contribution is -2.46. The first-order chi connectivity index (χ1) is 15.3. The number of aromatic amines is 2. The third-order valence-electron chi connectivity index (χ3n) is 6.92. The topological polar surface area (TPSA) is 81.9 Å². The van der Waals surface area contributed by atoms with Gasteiger partial charge in [0, 0.05) is 48.5 Å². The van der Waals surface area contributed by atoms with Crippen molar-refractivity contribution in [3.63, 3.8) is 0 Å². The standard InChI is InChI=1S/C24H28N6O/c1-6-21-20(13-16(1)17-7-8-25-14-17)22-23(26-15-27-24(22)29-21)28-18-2-4-19(5-3-18)30-9-11-31-12-10-30/h1,6-8,13-15,18-19,25H,2-5,9-12H2,(H2,26,27,28,29). The van der Waals surface area contributed by atoms with E-state index in [0.29, 0.717) is 12.1 Å². The highest BCUT2D eigenvalue weighted by molar-refractivity contribution is 6.12. The summed E-state index contributed by atoms with van der Waals surface area (Å²) in [7, 11) is 0. The zero-order valence-corrected chi connectivity index (χ0v) is 17.6. The largest absolute Gasteiger partial charge is 0.379 e. The first kappa shape index (κ1) is 18.8. The van der Waals surface area contributed by atoms with Gasteiger partial charge in [-0.15, -0.1) is 0 Å². The van der Waals surface area contributed by atoms with Crippen molar-refractivity contribution in [2.75, 3.05) is 31.6 Å². The maximum absolute atomic E-state index is 5.52. The number of benzene rings is 1. The fourth-order valence-corrected chi connectivity index (χ4v) is 5.24. The third-order valence-corrected chi connectivity index (χ3v) is 6.92. The summed E-state index contributed by atoms with van der Waals surface area (Å²) in [6.07, 6.45) is 10.5. The summed E-state index contributed by atoms with van der Waals surface area (Å²) in [5, 5.41) is 6.01. The maximum atomic E-state index is 5.52. The number of anilines is 1. The fourth-order valence-electron chi connectivity index (χ4n) is 5.24. The van der Waals surface area contributed by atoms with Crippen LogP contribution < -0.4 is 5.32 Å². The highest BCUT2D eigenvalue weighted by Gasteiger charge is 2.27. The van der Waals surface area contributed by atoms with Gasteiger partial charge in [-0.3, -0.25) is 4.90 Å². The van der Waals surface area contributed by atoms with Gasteiger partial charge >= 0.3 is 0 Å². The molecule has 4 heterocycles. The van der Waals surface area contributed by atoms with E-state index < -0.39 is 0 Å². The van der Waals surface area contributed by atoms with Crippen LogP contribution in [0.3, 0.4) is 0 Å². The van der Waals surface area contributed by atoms with Gasteiger partial charge in [-0.2, -0.15) is 0 Å². The molecule has 0 radical (unpaired) electrons. The molecule has 3 aromatic heterocycles. The summed E-state index contributed by atoms with van der Waals surface area (Å²) in [4.78, 5) is 18.4. The van der Waals surface area contributed by atoms with Crippen molar-refractivity contribution in [2.24, 2.45) is 0 Å². The molecule has 1 aromatic carbocycles. The van der Waals surface area contributed by atoms with Crippen LogP contribution in [-0.4, -0.2) is 63.2 Å². The van der Waals surface area contributed by atoms with Crippen LogP contribution in [0, 0.1) is 0 Å². The Hall–Kier alpha value is -2.90. The Morgan fingerprint density at radius 3 is 2.68 bits per heavy atom. The molecular formula is C24H28N6O. The number of hydrogen-bond acceptors (Lipinski definition) is 5. The van der Waals surface area contributed by atoms with E-state index in [1.54, 1.807) is 6.33 Å². The average molecular weight is 417 g/mol. The predicted octanol–water partition coefficient (Wildman–Crippen LogP) is 4.16. The number of hydrogen-bond donors (Lipinski definition) is 3. The SMILES string of the molecule is c1nc(NC2CCC(N3CCOCC3)CC2)c2c(n1)[nH]c1ccc(-c3cc[nH]c3)cc12. The van der Waals surface area contributed by atoms with E-state index in [0.717, 1.165) is 48.7 Å². The van der Waals surface area contributed by atoms with E-state index >= 15 is 0 Å². The monoisotopic (exact) mass is 416 g/mol. The van der Waals surface area contributed by atoms with Crippen molar-refractivity contribution in [1.82, 2.24) is 24.8 Å². The number of nitrogens with zero attached hydrogens (tertiary/aromatic N) is 3. The summed E-state index contributed by atoms with van der Waals surface area (Å²) in [6, 6.07) is 9.77. The number of H-pyrrole nitrogens is 2. The van der Waals surface area contributed by atoms with Crippen molar-refractivity contribution in [3.8, 4) is 11.1 Å². The summed E-state index contributed by atoms with van der Waals surface area (Å²) in [6.45, 7) is 3.91. The van der Waals surface area contributed by atoms with Crippen LogP contribution >= 0.6 is 0 Å². The summed E-state index contributed by atoms with van der Waals surface area (Å²) in [5.74, 6) is 0.942. The van der Waals surface area contributed by atoms with E-state index in [4.69, 9.17) is 4.74 Å². The molecule has 3 N–H and O–H groups in total. The molecule has 1 saturated heterocycles. The second kappa shape index (κ2) is 7.98. The molecule has 6 rings (SSSR count). The normalized spacial score (nSPS) is 22.8. The highest BCUT2D eigenvalue weighted by atomic mass is 16.5. The molecule has 0 atom stereocenters. The highest BCUT2D eigenvalue weighted by Crippen LogP contribution is 2.34. The van der Waals surface area contributed by atoms with Crippen LogP contribution in [0.15, 0.2) is 43.0 Å². The van der Waals surface area contributed by atoms with Crippen molar-refractivity contribution in [1.29, 1.82) is 0 Å². The summed E-state index contributed by atoms with van der Waals surface area (Å²) in [5.41, 5.74) is 4.36. The molecule has 1 saturated carbocycles. The van der Waals surface area contributed by atoms with E-state index in [1.165, 1.54) is 42.2 Å². The van der Waals surface area contributed by atoms with Crippen LogP contribution in [0.25, 0.3) is 33.1 Å². The Labute approximate surface area is 181 Å². The first-order valence-electron chi connectivity index (χ1n) is 11.3. The summed E-state index contributed by atoms with van der Waals surface area (Å²) >= 11 is 0. The van der Waals surface area contributed by atoms with Crippen LogP contribution in [-0.2, 0) is 4.74 Å². The number of aromatic nitrogens is 4. The molecule has 0 amide bonds. The first-order valence-corrected chi connectivity index (χ1v) is 11.3. The van der Waals surface area contributed by atoms with Gasteiger partial charge in [0.15, 0.2) is 0 Å². The predicted molar refractivity (Wildman–Crippen MR) is 123 cm³/mol. The zero-order chi connectivity index (χ0) is 20.6. The minimum atomic E-state index is 0.452. The zero-order valence-electron chi connectivity index (χ0n) is 17.6. The van der Waals surface area contributed by atoms with Crippen LogP contribution in [0.4, 0.5) is 5.82 Å². The molecule has 4 aromatic rings. The Morgan fingerprint density at radius 2 is 1.87 bits per heavy atom. The molecule has 2 fully saturated rings. The molecule has 0 bridgehead atoms. The average Bonchev–Trinajstić information content (AvgIpc) is 3.48. The maximum Gasteiger partial charge on any atom is 0.143 e. The Bertz CT molecular complexity index is 1170. The quantitative estimate of drug-likeness (QED) is 0.465. The van der Waals surface area contributed by atoms with Gasteiger partial charge in [-0.1, -0.05) is 6.07 Å². The lowest BCUT2D eigenvalue weighted by atomic mass is 9.90. The molecular weight excluding hydrogens is 388 g/mol. The van der Waals surface area contributed by atoms with Gasteiger partial charge in [0.2, 0.25) is 0 Å². The minimum absolute atomic E-state index is 0.452. The van der Waals surface area contributed by atoms with Gasteiger partial charge in [-0.25, -0.2) is 9.97 Å². The van der Waals surface area contributed by atoms with Gasteiger partial charge in [0.05, 0.1) is 18.6 Å². The molecule has 0 spiro atoms. The van der Waals surface area contributed by atoms with Gasteiger partial charge < -0.3 is 20.0 Å². The summed E-state index contributed by atoms with van der Waals surface area (Å²) < 4.78 is 5.52. The molecule has 1 aliphatic heterocycles. The van der Waals surface area contributed by atoms with Crippen LogP contribution in [0.5, 0.6) is 0 Å². The van der Waals surface area contributed by atoms with E-state index in [1.807, 2.05) is 12.4 Å². The fraction of sp³-hybridized carbons (Fsp3) is 0.417. The molecule has 0 unspecified atom stereocenters. The smallest absolute Gasteiger partial charge is 0.143 e. The number of ether oxygens (including phenoxy) is 1. The van der Waals surface area contributed by atoms with Gasteiger partial charge in [0.1, 0.15) is 17.8 Å². The van der Waals surface area contributed by atoms with Crippen molar-refractivity contribution >= 4 is 27.8 Å².